The number of nitrogens with zero attached hydrogens (tertiary/aromatic N) is 4. The van der Waals surface area contributed by atoms with E-state index in [9.17, 15) is 13.2 Å². The summed E-state index contributed by atoms with van der Waals surface area (Å²) >= 11 is 1.33. The molecule has 9 heteroatoms. The molecule has 0 unspecified atom stereocenters. The van der Waals surface area contributed by atoms with E-state index in [0.717, 1.165) is 13.1 Å². The van der Waals surface area contributed by atoms with Crippen LogP contribution in [0, 0.1) is 0 Å². The summed E-state index contributed by atoms with van der Waals surface area (Å²) in [6.07, 6.45) is 1.39. The largest absolute Gasteiger partial charge is 0.337 e. The Hall–Kier alpha value is -1.16. The molecule has 0 aliphatic carbocycles. The quantitative estimate of drug-likeness (QED) is 0.633. The fourth-order valence-electron chi connectivity index (χ4n) is 3.16. The molecule has 152 valence electrons. The summed E-state index contributed by atoms with van der Waals surface area (Å²) in [5.41, 5.74) is 0. The van der Waals surface area contributed by atoms with Crippen molar-refractivity contribution in [2.24, 2.45) is 0 Å². The molecule has 1 saturated heterocycles. The minimum atomic E-state index is -3.51. The third-order valence-corrected chi connectivity index (χ3v) is 7.36. The number of likely N-dealkylation sites (N-methyl/N-ethyl adjacent to an activating group) is 1. The Balaban J connectivity index is 2.00. The molecule has 1 aromatic heterocycles. The third-order valence-electron chi connectivity index (χ3n) is 4.55. The van der Waals surface area contributed by atoms with Crippen molar-refractivity contribution in [3.63, 3.8) is 0 Å². The number of amides is 1. The van der Waals surface area contributed by atoms with Crippen LogP contribution in [0.1, 0.15) is 27.7 Å². The average molecular weight is 415 g/mol. The van der Waals surface area contributed by atoms with Crippen LogP contribution in [0.4, 0.5) is 0 Å². The Morgan fingerprint density at radius 2 is 1.74 bits per heavy atom. The number of aromatic nitrogens is 1. The van der Waals surface area contributed by atoms with Crippen LogP contribution in [0.25, 0.3) is 0 Å². The highest BCUT2D eigenvalue weighted by atomic mass is 32.2. The summed E-state index contributed by atoms with van der Waals surface area (Å²) in [6, 6.07) is 3.54. The molecule has 1 aromatic rings. The van der Waals surface area contributed by atoms with Crippen LogP contribution in [-0.2, 0) is 14.8 Å². The summed E-state index contributed by atoms with van der Waals surface area (Å²) in [5, 5.41) is 0.646. The van der Waals surface area contributed by atoms with Gasteiger partial charge in [0.1, 0.15) is 4.90 Å². The van der Waals surface area contributed by atoms with Gasteiger partial charge in [-0.2, -0.15) is 4.31 Å². The highest BCUT2D eigenvalue weighted by Crippen LogP contribution is 2.21. The third kappa shape index (κ3) is 5.66. The molecule has 0 N–H and O–H groups in total. The van der Waals surface area contributed by atoms with Crippen LogP contribution in [0.3, 0.4) is 0 Å². The molecule has 1 amide bonds. The summed E-state index contributed by atoms with van der Waals surface area (Å²) < 4.78 is 26.9. The average Bonchev–Trinajstić information content (AvgIpc) is 2.60. The second-order valence-electron chi connectivity index (χ2n) is 7.32. The van der Waals surface area contributed by atoms with Gasteiger partial charge in [0, 0.05) is 44.5 Å². The van der Waals surface area contributed by atoms with Crippen molar-refractivity contribution in [1.29, 1.82) is 0 Å². The van der Waals surface area contributed by atoms with E-state index in [0.29, 0.717) is 18.1 Å². The van der Waals surface area contributed by atoms with Gasteiger partial charge in [0.25, 0.3) is 0 Å². The molecule has 1 aliphatic heterocycles. The molecule has 1 aliphatic rings. The van der Waals surface area contributed by atoms with Gasteiger partial charge < -0.3 is 9.80 Å². The molecule has 0 spiro atoms. The highest BCUT2D eigenvalue weighted by molar-refractivity contribution is 7.99. The van der Waals surface area contributed by atoms with E-state index in [1.165, 1.54) is 22.3 Å². The Labute approximate surface area is 167 Å². The molecular weight excluding hydrogens is 384 g/mol. The van der Waals surface area contributed by atoms with Gasteiger partial charge in [-0.3, -0.25) is 4.79 Å². The fourth-order valence-corrected chi connectivity index (χ4v) is 5.24. The van der Waals surface area contributed by atoms with Crippen molar-refractivity contribution >= 4 is 27.7 Å². The van der Waals surface area contributed by atoms with Crippen molar-refractivity contribution in [3.8, 4) is 0 Å². The molecule has 0 atom stereocenters. The number of piperazine rings is 1. The maximum absolute atomic E-state index is 12.7. The topological polar surface area (TPSA) is 73.8 Å². The molecule has 0 saturated carbocycles. The lowest BCUT2D eigenvalue weighted by Gasteiger charge is -2.31. The van der Waals surface area contributed by atoms with Gasteiger partial charge in [-0.05, 0) is 46.9 Å². The molecule has 0 radical (unpaired) electrons. The van der Waals surface area contributed by atoms with Gasteiger partial charge in [-0.1, -0.05) is 11.8 Å². The number of thioether (sulfide) groups is 1. The number of carbonyl (C=O) groups is 1. The monoisotopic (exact) mass is 414 g/mol. The van der Waals surface area contributed by atoms with Gasteiger partial charge in [-0.25, -0.2) is 13.4 Å². The second kappa shape index (κ2) is 9.36. The molecular formula is C18H30N4O3S2. The summed E-state index contributed by atoms with van der Waals surface area (Å²) in [5.74, 6) is 0.342. The van der Waals surface area contributed by atoms with E-state index in [4.69, 9.17) is 0 Å². The Morgan fingerprint density at radius 1 is 1.15 bits per heavy atom. The van der Waals surface area contributed by atoms with Crippen molar-refractivity contribution in [2.75, 3.05) is 39.0 Å². The van der Waals surface area contributed by atoms with Gasteiger partial charge in [0.2, 0.25) is 15.9 Å². The van der Waals surface area contributed by atoms with E-state index >= 15 is 0 Å². The van der Waals surface area contributed by atoms with Crippen LogP contribution in [-0.4, -0.2) is 84.5 Å². The van der Waals surface area contributed by atoms with Crippen LogP contribution in [0.15, 0.2) is 28.3 Å². The molecule has 1 fully saturated rings. The minimum absolute atomic E-state index is 0.0564. The first-order chi connectivity index (χ1) is 12.6. The lowest BCUT2D eigenvalue weighted by molar-refractivity contribution is -0.131. The van der Waals surface area contributed by atoms with Crippen molar-refractivity contribution in [1.82, 2.24) is 19.1 Å². The van der Waals surface area contributed by atoms with Crippen LogP contribution in [0.2, 0.25) is 0 Å². The standard InChI is InChI=1S/C18H30N4O3S2/c1-14(2)22(15(3)4)18(23)13-26-17-7-6-16(12-19-17)27(24,25)21-10-8-20(5)9-11-21/h6-7,12,14-15H,8-11,13H2,1-5H3. The SMILES string of the molecule is CC(C)N(C(=O)CSc1ccc(S(=O)(=O)N2CCN(C)CC2)cn1)C(C)C. The maximum atomic E-state index is 12.7. The fraction of sp³-hybridized carbons (Fsp3) is 0.667. The van der Waals surface area contributed by atoms with Crippen molar-refractivity contribution in [2.45, 2.75) is 49.7 Å². The number of hydrogen-bond acceptors (Lipinski definition) is 6. The van der Waals surface area contributed by atoms with Crippen LogP contribution < -0.4 is 0 Å². The van der Waals surface area contributed by atoms with Crippen LogP contribution in [0.5, 0.6) is 0 Å². The zero-order valence-corrected chi connectivity index (χ0v) is 18.4. The first-order valence-corrected chi connectivity index (χ1v) is 11.6. The minimum Gasteiger partial charge on any atom is -0.337 e. The number of rotatable bonds is 7. The molecule has 2 rings (SSSR count). The van der Waals surface area contributed by atoms with E-state index in [-0.39, 0.29) is 28.6 Å². The Kier molecular flexibility index (Phi) is 7.67. The predicted octanol–water partition coefficient (Wildman–Crippen LogP) is 1.76. The highest BCUT2D eigenvalue weighted by Gasteiger charge is 2.27. The Bertz CT molecular complexity index is 719. The summed E-state index contributed by atoms with van der Waals surface area (Å²) in [4.78, 5) is 20.8. The molecule has 0 bridgehead atoms. The molecule has 7 nitrogen and oxygen atoms in total. The summed E-state index contributed by atoms with van der Waals surface area (Å²) in [7, 11) is -1.53. The lowest BCUT2D eigenvalue weighted by Crippen LogP contribution is -2.47. The normalized spacial score (nSPS) is 16.9. The molecule has 0 aromatic carbocycles. The van der Waals surface area contributed by atoms with Gasteiger partial charge in [0.15, 0.2) is 0 Å². The second-order valence-corrected chi connectivity index (χ2v) is 10.3. The molecule has 2 heterocycles. The molecule has 27 heavy (non-hydrogen) atoms. The van der Waals surface area contributed by atoms with Gasteiger partial charge in [0.05, 0.1) is 10.8 Å². The van der Waals surface area contributed by atoms with E-state index < -0.39 is 10.0 Å². The number of hydrogen-bond donors (Lipinski definition) is 0. The van der Waals surface area contributed by atoms with E-state index in [2.05, 4.69) is 9.88 Å². The van der Waals surface area contributed by atoms with Gasteiger partial charge >= 0.3 is 0 Å². The van der Waals surface area contributed by atoms with E-state index in [1.807, 2.05) is 39.6 Å². The smallest absolute Gasteiger partial charge is 0.244 e. The van der Waals surface area contributed by atoms with Crippen LogP contribution >= 0.6 is 11.8 Å². The first-order valence-electron chi connectivity index (χ1n) is 9.21. The van der Waals surface area contributed by atoms with Crippen molar-refractivity contribution in [3.05, 3.63) is 18.3 Å². The van der Waals surface area contributed by atoms with Gasteiger partial charge in [-0.15, -0.1) is 0 Å². The zero-order chi connectivity index (χ0) is 20.2. The van der Waals surface area contributed by atoms with Crippen molar-refractivity contribution < 1.29 is 13.2 Å². The zero-order valence-electron chi connectivity index (χ0n) is 16.8. The lowest BCUT2D eigenvalue weighted by atomic mass is 10.2. The first kappa shape index (κ1) is 22.1. The van der Waals surface area contributed by atoms with E-state index in [1.54, 1.807) is 12.1 Å². The summed E-state index contributed by atoms with van der Waals surface area (Å²) in [6.45, 7) is 10.4. The number of sulfonamides is 1. The Morgan fingerprint density at radius 3 is 2.22 bits per heavy atom. The number of pyridine rings is 1. The maximum Gasteiger partial charge on any atom is 0.244 e. The number of carbonyl (C=O) groups excluding carboxylic acids is 1. The predicted molar refractivity (Wildman–Crippen MR) is 108 cm³/mol.